The van der Waals surface area contributed by atoms with Gasteiger partial charge in [0, 0.05) is 18.6 Å². The third-order valence-corrected chi connectivity index (χ3v) is 2.61. The maximum Gasteiger partial charge on any atom is 0.182 e. The first-order valence-electron chi connectivity index (χ1n) is 4.84. The summed E-state index contributed by atoms with van der Waals surface area (Å²) < 4.78 is 0. The van der Waals surface area contributed by atoms with Crippen LogP contribution in [0.25, 0.3) is 11.2 Å². The second-order valence-corrected chi connectivity index (χ2v) is 4.31. The zero-order valence-corrected chi connectivity index (χ0v) is 8.44. The first-order valence-corrected chi connectivity index (χ1v) is 4.84. The van der Waals surface area contributed by atoms with Gasteiger partial charge in [0.2, 0.25) is 0 Å². The number of nitrogens with zero attached hydrogens (tertiary/aromatic N) is 4. The van der Waals surface area contributed by atoms with Gasteiger partial charge in [-0.05, 0) is 6.92 Å². The molecule has 6 heteroatoms. The molecule has 1 saturated heterocycles. The van der Waals surface area contributed by atoms with Crippen LogP contribution in [-0.2, 0) is 0 Å². The van der Waals surface area contributed by atoms with E-state index in [1.165, 1.54) is 6.33 Å². The Balaban J connectivity index is 2.02. The number of H-pyrrole nitrogens is 1. The molecule has 2 aromatic heterocycles. The van der Waals surface area contributed by atoms with Gasteiger partial charge >= 0.3 is 0 Å². The van der Waals surface area contributed by atoms with Gasteiger partial charge < -0.3 is 15.6 Å². The molecule has 6 nitrogen and oxygen atoms in total. The Bertz CT molecular complexity index is 494. The highest BCUT2D eigenvalue weighted by atomic mass is 15.3. The summed E-state index contributed by atoms with van der Waals surface area (Å²) in [6, 6.07) is 0. The van der Waals surface area contributed by atoms with Crippen LogP contribution in [-0.4, -0.2) is 38.6 Å². The van der Waals surface area contributed by atoms with Crippen LogP contribution in [0.3, 0.4) is 0 Å². The maximum atomic E-state index is 5.96. The molecule has 1 fully saturated rings. The molecule has 0 aromatic carbocycles. The van der Waals surface area contributed by atoms with Crippen molar-refractivity contribution >= 4 is 17.0 Å². The Morgan fingerprint density at radius 2 is 2.20 bits per heavy atom. The van der Waals surface area contributed by atoms with Gasteiger partial charge in [-0.3, -0.25) is 0 Å². The summed E-state index contributed by atoms with van der Waals surface area (Å²) in [4.78, 5) is 17.6. The second kappa shape index (κ2) is 2.66. The highest BCUT2D eigenvalue weighted by Crippen LogP contribution is 2.27. The summed E-state index contributed by atoms with van der Waals surface area (Å²) in [6.45, 7) is 3.67. The van der Waals surface area contributed by atoms with Gasteiger partial charge in [-0.1, -0.05) is 0 Å². The van der Waals surface area contributed by atoms with E-state index in [1.807, 2.05) is 6.92 Å². The summed E-state index contributed by atoms with van der Waals surface area (Å²) in [5, 5.41) is 0. The fraction of sp³-hybridized carbons (Fsp3) is 0.444. The minimum Gasteiger partial charge on any atom is -0.351 e. The van der Waals surface area contributed by atoms with E-state index in [-0.39, 0.29) is 5.54 Å². The zero-order valence-electron chi connectivity index (χ0n) is 8.44. The lowest BCUT2D eigenvalue weighted by Gasteiger charge is -2.46. The van der Waals surface area contributed by atoms with E-state index in [0.717, 1.165) is 24.4 Å². The van der Waals surface area contributed by atoms with E-state index in [9.17, 15) is 0 Å². The van der Waals surface area contributed by atoms with Crippen molar-refractivity contribution in [1.29, 1.82) is 0 Å². The molecule has 1 aliphatic heterocycles. The SMILES string of the molecule is CC1(N)CN(c2ncnc3nc[nH]c23)C1. The minimum absolute atomic E-state index is 0.0999. The van der Waals surface area contributed by atoms with Crippen LogP contribution in [0.5, 0.6) is 0 Å². The summed E-state index contributed by atoms with van der Waals surface area (Å²) in [6.07, 6.45) is 3.16. The minimum atomic E-state index is -0.0999. The lowest BCUT2D eigenvalue weighted by Crippen LogP contribution is -2.65. The molecule has 0 radical (unpaired) electrons. The topological polar surface area (TPSA) is 83.7 Å². The Morgan fingerprint density at radius 3 is 2.93 bits per heavy atom. The van der Waals surface area contributed by atoms with Crippen LogP contribution >= 0.6 is 0 Å². The molecule has 78 valence electrons. The molecule has 0 bridgehead atoms. The number of anilines is 1. The molecule has 0 amide bonds. The number of aromatic nitrogens is 4. The predicted octanol–water partition coefficient (Wildman–Crippen LogP) is -0.110. The van der Waals surface area contributed by atoms with E-state index in [1.54, 1.807) is 6.33 Å². The summed E-state index contributed by atoms with van der Waals surface area (Å²) >= 11 is 0. The smallest absolute Gasteiger partial charge is 0.182 e. The number of aromatic amines is 1. The standard InChI is InChI=1S/C9H12N6/c1-9(10)2-15(3-9)8-6-7(12-4-11-6)13-5-14-8/h4-5H,2-3,10H2,1H3,(H,11,12,13,14). The number of imidazole rings is 1. The first-order chi connectivity index (χ1) is 7.16. The third kappa shape index (κ3) is 1.25. The maximum absolute atomic E-state index is 5.96. The monoisotopic (exact) mass is 204 g/mol. The number of nitrogens with one attached hydrogen (secondary N) is 1. The highest BCUT2D eigenvalue weighted by molar-refractivity contribution is 5.83. The summed E-state index contributed by atoms with van der Waals surface area (Å²) in [7, 11) is 0. The second-order valence-electron chi connectivity index (χ2n) is 4.31. The lowest BCUT2D eigenvalue weighted by atomic mass is 9.94. The van der Waals surface area contributed by atoms with Crippen molar-refractivity contribution in [2.75, 3.05) is 18.0 Å². The fourth-order valence-electron chi connectivity index (χ4n) is 1.97. The Morgan fingerprint density at radius 1 is 1.40 bits per heavy atom. The zero-order chi connectivity index (χ0) is 10.5. The molecule has 1 aliphatic rings. The average molecular weight is 204 g/mol. The predicted molar refractivity (Wildman–Crippen MR) is 56.5 cm³/mol. The molecule has 0 spiro atoms. The van der Waals surface area contributed by atoms with E-state index in [0.29, 0.717) is 5.65 Å². The number of nitrogens with two attached hydrogens (primary N) is 1. The van der Waals surface area contributed by atoms with Gasteiger partial charge in [0.25, 0.3) is 0 Å². The van der Waals surface area contributed by atoms with Gasteiger partial charge in [0.05, 0.1) is 6.33 Å². The van der Waals surface area contributed by atoms with Crippen LogP contribution in [0, 0.1) is 0 Å². The van der Waals surface area contributed by atoms with Crippen LogP contribution in [0.2, 0.25) is 0 Å². The highest BCUT2D eigenvalue weighted by Gasteiger charge is 2.36. The van der Waals surface area contributed by atoms with Crippen LogP contribution < -0.4 is 10.6 Å². The van der Waals surface area contributed by atoms with E-state index in [4.69, 9.17) is 5.73 Å². The molecular formula is C9H12N6. The third-order valence-electron chi connectivity index (χ3n) is 2.61. The van der Waals surface area contributed by atoms with Crippen LogP contribution in [0.4, 0.5) is 5.82 Å². The van der Waals surface area contributed by atoms with Gasteiger partial charge in [0.1, 0.15) is 11.8 Å². The molecule has 0 aliphatic carbocycles. The van der Waals surface area contributed by atoms with Gasteiger partial charge in [0.15, 0.2) is 11.5 Å². The van der Waals surface area contributed by atoms with Crippen molar-refractivity contribution in [2.45, 2.75) is 12.5 Å². The Labute approximate surface area is 86.5 Å². The fourth-order valence-corrected chi connectivity index (χ4v) is 1.97. The van der Waals surface area contributed by atoms with Crippen molar-refractivity contribution in [2.24, 2.45) is 5.73 Å². The largest absolute Gasteiger partial charge is 0.351 e. The average Bonchev–Trinajstić information content (AvgIpc) is 2.60. The number of hydrogen-bond donors (Lipinski definition) is 2. The van der Waals surface area contributed by atoms with Crippen LogP contribution in [0.1, 0.15) is 6.92 Å². The molecule has 0 atom stereocenters. The Hall–Kier alpha value is -1.69. The van der Waals surface area contributed by atoms with Crippen molar-refractivity contribution in [3.05, 3.63) is 12.7 Å². The van der Waals surface area contributed by atoms with Gasteiger partial charge in [-0.25, -0.2) is 15.0 Å². The molecule has 3 N–H and O–H groups in total. The molecule has 2 aromatic rings. The molecule has 3 heterocycles. The number of rotatable bonds is 1. The van der Waals surface area contributed by atoms with Gasteiger partial charge in [-0.2, -0.15) is 0 Å². The van der Waals surface area contributed by atoms with Crippen molar-refractivity contribution in [1.82, 2.24) is 19.9 Å². The van der Waals surface area contributed by atoms with E-state index >= 15 is 0 Å². The molecular weight excluding hydrogens is 192 g/mol. The van der Waals surface area contributed by atoms with Crippen LogP contribution in [0.15, 0.2) is 12.7 Å². The number of hydrogen-bond acceptors (Lipinski definition) is 5. The molecule has 0 unspecified atom stereocenters. The normalized spacial score (nSPS) is 19.2. The lowest BCUT2D eigenvalue weighted by molar-refractivity contribution is 0.363. The molecule has 15 heavy (non-hydrogen) atoms. The van der Waals surface area contributed by atoms with Crippen molar-refractivity contribution < 1.29 is 0 Å². The number of fused-ring (bicyclic) bond motifs is 1. The van der Waals surface area contributed by atoms with E-state index in [2.05, 4.69) is 24.8 Å². The Kier molecular flexibility index (Phi) is 1.53. The van der Waals surface area contributed by atoms with Gasteiger partial charge in [-0.15, -0.1) is 0 Å². The quantitative estimate of drug-likeness (QED) is 0.677. The summed E-state index contributed by atoms with van der Waals surface area (Å²) in [5.41, 5.74) is 7.44. The molecule has 0 saturated carbocycles. The van der Waals surface area contributed by atoms with Crippen molar-refractivity contribution in [3.8, 4) is 0 Å². The first kappa shape index (κ1) is 8.60. The molecule has 3 rings (SSSR count). The van der Waals surface area contributed by atoms with Crippen molar-refractivity contribution in [3.63, 3.8) is 0 Å². The summed E-state index contributed by atoms with van der Waals surface area (Å²) in [5.74, 6) is 0.889. The van der Waals surface area contributed by atoms with E-state index < -0.39 is 0 Å².